The monoisotopic (exact) mass is 409 g/mol. The van der Waals surface area contributed by atoms with E-state index in [0.29, 0.717) is 28.4 Å². The number of hydrogen-bond donors (Lipinski definition) is 0. The van der Waals surface area contributed by atoms with Crippen LogP contribution >= 0.6 is 11.6 Å². The summed E-state index contributed by atoms with van der Waals surface area (Å²) in [7, 11) is -3.10. The molecule has 0 N–H and O–H groups in total. The van der Waals surface area contributed by atoms with Crippen molar-refractivity contribution in [2.75, 3.05) is 6.26 Å². The first-order valence-electron chi connectivity index (χ1n) is 8.41. The highest BCUT2D eigenvalue weighted by molar-refractivity contribution is 7.91. The van der Waals surface area contributed by atoms with E-state index in [4.69, 9.17) is 21.9 Å². The Kier molecular flexibility index (Phi) is 4.96. The van der Waals surface area contributed by atoms with Crippen molar-refractivity contribution in [3.63, 3.8) is 0 Å². The van der Waals surface area contributed by atoms with E-state index in [2.05, 4.69) is 20.0 Å². The van der Waals surface area contributed by atoms with Crippen LogP contribution in [0.2, 0.25) is 5.15 Å². The van der Waals surface area contributed by atoms with E-state index in [9.17, 15) is 8.42 Å². The number of pyridine rings is 2. The summed E-state index contributed by atoms with van der Waals surface area (Å²) in [6.07, 6.45) is 4.59. The zero-order chi connectivity index (χ0) is 20.0. The van der Waals surface area contributed by atoms with Crippen molar-refractivity contribution >= 4 is 32.2 Å². The van der Waals surface area contributed by atoms with Gasteiger partial charge in [0.05, 0.1) is 16.2 Å². The first-order chi connectivity index (χ1) is 12.5. The van der Waals surface area contributed by atoms with Gasteiger partial charge in [0.1, 0.15) is 11.3 Å². The highest BCUT2D eigenvalue weighted by atomic mass is 35.5. The highest BCUT2D eigenvalue weighted by Gasteiger charge is 2.45. The molecule has 8 nitrogen and oxygen atoms in total. The Balaban J connectivity index is 2.01. The van der Waals surface area contributed by atoms with Gasteiger partial charge in [0, 0.05) is 35.9 Å². The van der Waals surface area contributed by atoms with Gasteiger partial charge in [-0.2, -0.15) is 0 Å². The number of ether oxygens (including phenoxy) is 1. The lowest BCUT2D eigenvalue weighted by Crippen LogP contribution is -2.51. The Morgan fingerprint density at radius 3 is 2.63 bits per heavy atom. The molecule has 0 saturated heterocycles. The Morgan fingerprint density at radius 2 is 2.04 bits per heavy atom. The lowest BCUT2D eigenvalue weighted by Gasteiger charge is -2.40. The summed E-state index contributed by atoms with van der Waals surface area (Å²) >= 11 is 6.06. The SMILES string of the molecule is C[C@@H]1[C@@H](Oc2ncc(C(C)(C)N=[N+]=[N-])c3cc(Cl)ncc23)C[C@H]1S(C)(=O)=O. The van der Waals surface area contributed by atoms with Crippen molar-refractivity contribution in [1.29, 1.82) is 0 Å². The van der Waals surface area contributed by atoms with E-state index in [-0.39, 0.29) is 12.0 Å². The minimum absolute atomic E-state index is 0.128. The molecule has 1 aliphatic carbocycles. The summed E-state index contributed by atoms with van der Waals surface area (Å²) in [5.74, 6) is 0.231. The zero-order valence-electron chi connectivity index (χ0n) is 15.4. The summed E-state index contributed by atoms with van der Waals surface area (Å²) in [4.78, 5) is 11.4. The van der Waals surface area contributed by atoms with Gasteiger partial charge in [-0.25, -0.2) is 18.4 Å². The first-order valence-corrected chi connectivity index (χ1v) is 10.7. The molecule has 0 unspecified atom stereocenters. The van der Waals surface area contributed by atoms with E-state index in [1.54, 1.807) is 32.3 Å². The molecule has 3 atom stereocenters. The molecule has 1 saturated carbocycles. The number of fused-ring (bicyclic) bond motifs is 1. The van der Waals surface area contributed by atoms with Gasteiger partial charge >= 0.3 is 0 Å². The standard InChI is InChI=1S/C17H20ClN5O3S/c1-9-13(6-14(9)27(4,24)25)26-16-11-7-20-15(18)5-10(11)12(8-21-16)17(2,3)22-23-19/h5,7-9,13-14H,6H2,1-4H3/t9-,13+,14-/m1/s1. The first kappa shape index (κ1) is 19.7. The van der Waals surface area contributed by atoms with Crippen LogP contribution in [0.4, 0.5) is 0 Å². The molecule has 144 valence electrons. The maximum Gasteiger partial charge on any atom is 0.223 e. The summed E-state index contributed by atoms with van der Waals surface area (Å²) in [6, 6.07) is 1.68. The van der Waals surface area contributed by atoms with Crippen molar-refractivity contribution in [3.8, 4) is 5.88 Å². The molecule has 1 aliphatic rings. The number of azide groups is 1. The van der Waals surface area contributed by atoms with Crippen LogP contribution in [0.1, 0.15) is 32.8 Å². The smallest absolute Gasteiger partial charge is 0.223 e. The number of sulfone groups is 1. The Bertz CT molecular complexity index is 1050. The Morgan fingerprint density at radius 1 is 1.33 bits per heavy atom. The molecular formula is C17H20ClN5O3S. The molecule has 10 heteroatoms. The van der Waals surface area contributed by atoms with Crippen LogP contribution in [0.3, 0.4) is 0 Å². The van der Waals surface area contributed by atoms with Gasteiger partial charge in [-0.05, 0) is 22.5 Å². The van der Waals surface area contributed by atoms with Gasteiger partial charge in [-0.1, -0.05) is 37.5 Å². The molecule has 1 fully saturated rings. The fraction of sp³-hybridized carbons (Fsp3) is 0.529. The summed E-state index contributed by atoms with van der Waals surface area (Å²) in [5.41, 5.74) is 8.71. The average molecular weight is 410 g/mol. The largest absolute Gasteiger partial charge is 0.473 e. The van der Waals surface area contributed by atoms with E-state index >= 15 is 0 Å². The molecule has 27 heavy (non-hydrogen) atoms. The van der Waals surface area contributed by atoms with Crippen molar-refractivity contribution in [2.24, 2.45) is 11.0 Å². The summed E-state index contributed by atoms with van der Waals surface area (Å²) in [6.45, 7) is 5.42. The van der Waals surface area contributed by atoms with Gasteiger partial charge < -0.3 is 4.74 Å². The fourth-order valence-corrected chi connectivity index (χ4v) is 5.05. The van der Waals surface area contributed by atoms with Gasteiger partial charge in [-0.15, -0.1) is 0 Å². The van der Waals surface area contributed by atoms with Gasteiger partial charge in [0.2, 0.25) is 5.88 Å². The van der Waals surface area contributed by atoms with Crippen LogP contribution in [0.15, 0.2) is 23.6 Å². The number of nitrogens with zero attached hydrogens (tertiary/aromatic N) is 5. The fourth-order valence-electron chi connectivity index (χ4n) is 3.40. The maximum atomic E-state index is 11.8. The van der Waals surface area contributed by atoms with E-state index in [1.807, 2.05) is 6.92 Å². The van der Waals surface area contributed by atoms with E-state index in [1.165, 1.54) is 6.26 Å². The minimum atomic E-state index is -3.10. The lowest BCUT2D eigenvalue weighted by atomic mass is 9.82. The molecule has 2 aromatic rings. The quantitative estimate of drug-likeness (QED) is 0.319. The number of aromatic nitrogens is 2. The van der Waals surface area contributed by atoms with E-state index < -0.39 is 20.6 Å². The molecule has 2 aromatic heterocycles. The third-order valence-corrected chi connectivity index (χ3v) is 7.03. The molecule has 0 aromatic carbocycles. The third kappa shape index (κ3) is 3.67. The van der Waals surface area contributed by atoms with Crippen LogP contribution in [0.25, 0.3) is 21.2 Å². The molecule has 0 bridgehead atoms. The van der Waals surface area contributed by atoms with Crippen LogP contribution in [-0.2, 0) is 15.4 Å². The van der Waals surface area contributed by atoms with Crippen LogP contribution in [0.5, 0.6) is 5.88 Å². The van der Waals surface area contributed by atoms with Gasteiger partial charge in [0.25, 0.3) is 0 Å². The number of halogens is 1. The predicted octanol–water partition coefficient (Wildman–Crippen LogP) is 4.03. The van der Waals surface area contributed by atoms with Crippen molar-refractivity contribution < 1.29 is 13.2 Å². The highest BCUT2D eigenvalue weighted by Crippen LogP contribution is 2.39. The molecule has 0 amide bonds. The van der Waals surface area contributed by atoms with Crippen molar-refractivity contribution in [2.45, 2.75) is 44.1 Å². The topological polar surface area (TPSA) is 118 Å². The Labute approximate surface area is 162 Å². The Hall–Kier alpha value is -2.09. The molecule has 0 spiro atoms. The van der Waals surface area contributed by atoms with Crippen LogP contribution in [-0.4, -0.2) is 36.0 Å². The normalized spacial score (nSPS) is 22.8. The van der Waals surface area contributed by atoms with Crippen LogP contribution < -0.4 is 4.74 Å². The van der Waals surface area contributed by atoms with Gasteiger partial charge in [0.15, 0.2) is 9.84 Å². The van der Waals surface area contributed by atoms with Crippen LogP contribution in [0, 0.1) is 5.92 Å². The van der Waals surface area contributed by atoms with Crippen molar-refractivity contribution in [3.05, 3.63) is 39.6 Å². The maximum absolute atomic E-state index is 11.8. The van der Waals surface area contributed by atoms with Crippen molar-refractivity contribution in [1.82, 2.24) is 9.97 Å². The number of hydrogen-bond acceptors (Lipinski definition) is 6. The molecule has 3 rings (SSSR count). The molecular weight excluding hydrogens is 390 g/mol. The van der Waals surface area contributed by atoms with E-state index in [0.717, 1.165) is 5.39 Å². The summed E-state index contributed by atoms with van der Waals surface area (Å²) < 4.78 is 29.5. The second kappa shape index (κ2) is 6.82. The zero-order valence-corrected chi connectivity index (χ0v) is 17.0. The molecule has 0 aliphatic heterocycles. The summed E-state index contributed by atoms with van der Waals surface area (Å²) in [5, 5.41) is 5.10. The third-order valence-electron chi connectivity index (χ3n) is 5.11. The van der Waals surface area contributed by atoms with Gasteiger partial charge in [-0.3, -0.25) is 0 Å². The second-order valence-electron chi connectivity index (χ2n) is 7.40. The predicted molar refractivity (Wildman–Crippen MR) is 104 cm³/mol. The molecule has 2 heterocycles. The molecule has 0 radical (unpaired) electrons. The lowest BCUT2D eigenvalue weighted by molar-refractivity contribution is 0.0589. The second-order valence-corrected chi connectivity index (χ2v) is 10.0. The number of rotatable bonds is 5. The minimum Gasteiger partial charge on any atom is -0.473 e. The average Bonchev–Trinajstić information content (AvgIpc) is 2.55.